The van der Waals surface area contributed by atoms with E-state index in [-0.39, 0.29) is 0 Å². The number of amides is 1. The number of nitrogens with zero attached hydrogens (tertiary/aromatic N) is 4. The van der Waals surface area contributed by atoms with Gasteiger partial charge in [0.05, 0.1) is 6.20 Å². The van der Waals surface area contributed by atoms with Crippen LogP contribution < -0.4 is 0 Å². The van der Waals surface area contributed by atoms with Crippen molar-refractivity contribution in [3.05, 3.63) is 18.0 Å². The standard InChI is InChI=1S/C14H22N4O/c1-16-10-12(9-15-16)11-17-5-7-18(8-6-17)14(19)13-3-2-4-13/h9-10,13H,2-8,11H2,1H3. The van der Waals surface area contributed by atoms with Crippen LogP contribution in [0.25, 0.3) is 0 Å². The van der Waals surface area contributed by atoms with Crippen molar-refractivity contribution in [2.75, 3.05) is 26.2 Å². The number of hydrogen-bond donors (Lipinski definition) is 0. The third kappa shape index (κ3) is 2.81. The molecule has 0 spiro atoms. The van der Waals surface area contributed by atoms with Crippen LogP contribution >= 0.6 is 0 Å². The molecule has 0 bridgehead atoms. The average molecular weight is 262 g/mol. The summed E-state index contributed by atoms with van der Waals surface area (Å²) in [6.45, 7) is 4.67. The van der Waals surface area contributed by atoms with Gasteiger partial charge in [-0.15, -0.1) is 0 Å². The van der Waals surface area contributed by atoms with Gasteiger partial charge in [-0.25, -0.2) is 0 Å². The van der Waals surface area contributed by atoms with Gasteiger partial charge in [0.25, 0.3) is 0 Å². The Kier molecular flexibility index (Phi) is 3.55. The first-order chi connectivity index (χ1) is 9.22. The van der Waals surface area contributed by atoms with E-state index < -0.39 is 0 Å². The molecule has 2 aliphatic rings. The molecule has 5 heteroatoms. The summed E-state index contributed by atoms with van der Waals surface area (Å²) in [6, 6.07) is 0. The molecule has 104 valence electrons. The van der Waals surface area contributed by atoms with Gasteiger partial charge in [0.15, 0.2) is 0 Å². The zero-order valence-electron chi connectivity index (χ0n) is 11.6. The number of carbonyl (C=O) groups is 1. The number of piperazine rings is 1. The SMILES string of the molecule is Cn1cc(CN2CCN(C(=O)C3CCC3)CC2)cn1. The third-order valence-corrected chi connectivity index (χ3v) is 4.30. The molecule has 0 atom stereocenters. The summed E-state index contributed by atoms with van der Waals surface area (Å²) >= 11 is 0. The topological polar surface area (TPSA) is 41.4 Å². The van der Waals surface area contributed by atoms with E-state index in [2.05, 4.69) is 21.1 Å². The zero-order valence-corrected chi connectivity index (χ0v) is 11.6. The first kappa shape index (κ1) is 12.7. The molecule has 2 fully saturated rings. The smallest absolute Gasteiger partial charge is 0.225 e. The van der Waals surface area contributed by atoms with Crippen LogP contribution in [0.5, 0.6) is 0 Å². The number of aromatic nitrogens is 2. The Hall–Kier alpha value is -1.36. The largest absolute Gasteiger partial charge is 0.340 e. The molecular weight excluding hydrogens is 240 g/mol. The minimum atomic E-state index is 0.338. The molecule has 0 aromatic carbocycles. The second-order valence-electron chi connectivity index (χ2n) is 5.75. The Balaban J connectivity index is 1.47. The summed E-state index contributed by atoms with van der Waals surface area (Å²) < 4.78 is 1.84. The molecule has 0 unspecified atom stereocenters. The molecule has 1 saturated heterocycles. The fraction of sp³-hybridized carbons (Fsp3) is 0.714. The van der Waals surface area contributed by atoms with Crippen LogP contribution in [-0.2, 0) is 18.4 Å². The maximum Gasteiger partial charge on any atom is 0.225 e. The van der Waals surface area contributed by atoms with Crippen LogP contribution in [0.1, 0.15) is 24.8 Å². The van der Waals surface area contributed by atoms with E-state index in [1.165, 1.54) is 12.0 Å². The van der Waals surface area contributed by atoms with E-state index in [1.54, 1.807) is 0 Å². The lowest BCUT2D eigenvalue weighted by Crippen LogP contribution is -2.50. The lowest BCUT2D eigenvalue weighted by atomic mass is 9.84. The number of aryl methyl sites for hydroxylation is 1. The van der Waals surface area contributed by atoms with E-state index in [0.29, 0.717) is 11.8 Å². The summed E-state index contributed by atoms with van der Waals surface area (Å²) in [4.78, 5) is 16.6. The molecule has 1 aromatic heterocycles. The highest BCUT2D eigenvalue weighted by atomic mass is 16.2. The van der Waals surface area contributed by atoms with Gasteiger partial charge in [-0.2, -0.15) is 5.10 Å². The van der Waals surface area contributed by atoms with Crippen molar-refractivity contribution in [3.8, 4) is 0 Å². The van der Waals surface area contributed by atoms with Gasteiger partial charge in [-0.05, 0) is 12.8 Å². The molecule has 5 nitrogen and oxygen atoms in total. The monoisotopic (exact) mass is 262 g/mol. The van der Waals surface area contributed by atoms with E-state index >= 15 is 0 Å². The summed E-state index contributed by atoms with van der Waals surface area (Å²) in [5, 5.41) is 4.19. The minimum Gasteiger partial charge on any atom is -0.340 e. The molecule has 0 N–H and O–H groups in total. The predicted octanol–water partition coefficient (Wildman–Crippen LogP) is 0.864. The van der Waals surface area contributed by atoms with Gasteiger partial charge in [0.1, 0.15) is 0 Å². The number of carbonyl (C=O) groups excluding carboxylic acids is 1. The van der Waals surface area contributed by atoms with Crippen LogP contribution in [0.2, 0.25) is 0 Å². The van der Waals surface area contributed by atoms with Crippen LogP contribution in [0.15, 0.2) is 12.4 Å². The van der Waals surface area contributed by atoms with Crippen molar-refractivity contribution in [2.45, 2.75) is 25.8 Å². The van der Waals surface area contributed by atoms with Gasteiger partial charge < -0.3 is 4.90 Å². The molecule has 19 heavy (non-hydrogen) atoms. The van der Waals surface area contributed by atoms with Gasteiger partial charge in [-0.1, -0.05) is 6.42 Å². The third-order valence-electron chi connectivity index (χ3n) is 4.30. The summed E-state index contributed by atoms with van der Waals surface area (Å²) in [5.74, 6) is 0.733. The van der Waals surface area contributed by atoms with Crippen LogP contribution in [0, 0.1) is 5.92 Å². The lowest BCUT2D eigenvalue weighted by Gasteiger charge is -2.38. The van der Waals surface area contributed by atoms with E-state index in [1.807, 2.05) is 17.9 Å². The molecule has 1 aliphatic carbocycles. The fourth-order valence-corrected chi connectivity index (χ4v) is 2.85. The Morgan fingerprint density at radius 1 is 1.32 bits per heavy atom. The second kappa shape index (κ2) is 5.33. The van der Waals surface area contributed by atoms with Crippen LogP contribution in [0.3, 0.4) is 0 Å². The fourth-order valence-electron chi connectivity index (χ4n) is 2.85. The highest BCUT2D eigenvalue weighted by Gasteiger charge is 2.31. The van der Waals surface area contributed by atoms with Crippen LogP contribution in [-0.4, -0.2) is 51.7 Å². The maximum absolute atomic E-state index is 12.1. The van der Waals surface area contributed by atoms with Gasteiger partial charge >= 0.3 is 0 Å². The van der Waals surface area contributed by atoms with E-state index in [4.69, 9.17) is 0 Å². The summed E-state index contributed by atoms with van der Waals surface area (Å²) in [7, 11) is 1.94. The zero-order chi connectivity index (χ0) is 13.2. The second-order valence-corrected chi connectivity index (χ2v) is 5.75. The van der Waals surface area contributed by atoms with Crippen molar-refractivity contribution < 1.29 is 4.79 Å². The maximum atomic E-state index is 12.1. The summed E-state index contributed by atoms with van der Waals surface area (Å²) in [5.41, 5.74) is 1.25. The Morgan fingerprint density at radius 2 is 2.05 bits per heavy atom. The predicted molar refractivity (Wildman–Crippen MR) is 72.4 cm³/mol. The van der Waals surface area contributed by atoms with Crippen LogP contribution in [0.4, 0.5) is 0 Å². The lowest BCUT2D eigenvalue weighted by molar-refractivity contribution is -0.140. The molecule has 0 radical (unpaired) electrons. The first-order valence-electron chi connectivity index (χ1n) is 7.21. The van der Waals surface area contributed by atoms with E-state index in [9.17, 15) is 4.79 Å². The van der Waals surface area contributed by atoms with Crippen molar-refractivity contribution in [1.82, 2.24) is 19.6 Å². The number of rotatable bonds is 3. The van der Waals surface area contributed by atoms with Crippen molar-refractivity contribution in [3.63, 3.8) is 0 Å². The molecule has 1 amide bonds. The Morgan fingerprint density at radius 3 is 2.58 bits per heavy atom. The molecular formula is C14H22N4O. The minimum absolute atomic E-state index is 0.338. The first-order valence-corrected chi connectivity index (χ1v) is 7.21. The Bertz CT molecular complexity index is 444. The van der Waals surface area contributed by atoms with Crippen molar-refractivity contribution >= 4 is 5.91 Å². The van der Waals surface area contributed by atoms with Gasteiger partial charge in [0.2, 0.25) is 5.91 Å². The van der Waals surface area contributed by atoms with Crippen molar-refractivity contribution in [1.29, 1.82) is 0 Å². The quantitative estimate of drug-likeness (QED) is 0.811. The molecule has 1 aliphatic heterocycles. The van der Waals surface area contributed by atoms with Gasteiger partial charge in [-0.3, -0.25) is 14.4 Å². The molecule has 3 rings (SSSR count). The molecule has 1 aromatic rings. The van der Waals surface area contributed by atoms with Gasteiger partial charge in [0, 0.05) is 57.4 Å². The molecule has 2 heterocycles. The highest BCUT2D eigenvalue weighted by Crippen LogP contribution is 2.28. The average Bonchev–Trinajstić information content (AvgIpc) is 2.73. The summed E-state index contributed by atoms with van der Waals surface area (Å²) in [6.07, 6.45) is 7.43. The highest BCUT2D eigenvalue weighted by molar-refractivity contribution is 5.79. The Labute approximate surface area is 114 Å². The van der Waals surface area contributed by atoms with Crippen molar-refractivity contribution in [2.24, 2.45) is 13.0 Å². The normalized spacial score (nSPS) is 21.4. The molecule has 1 saturated carbocycles. The van der Waals surface area contributed by atoms with E-state index in [0.717, 1.165) is 45.6 Å². The number of hydrogen-bond acceptors (Lipinski definition) is 3.